The number of esters is 1. The van der Waals surface area contributed by atoms with Gasteiger partial charge in [-0.2, -0.15) is 0 Å². The van der Waals surface area contributed by atoms with Crippen molar-refractivity contribution in [1.82, 2.24) is 10.2 Å². The molecule has 1 fully saturated rings. The molecule has 3 aromatic carbocycles. The van der Waals surface area contributed by atoms with Gasteiger partial charge < -0.3 is 25.4 Å². The first-order chi connectivity index (χ1) is 18.0. The summed E-state index contributed by atoms with van der Waals surface area (Å²) in [5, 5.41) is 15.7. The van der Waals surface area contributed by atoms with E-state index in [-0.39, 0.29) is 17.8 Å². The molecule has 1 heterocycles. The Morgan fingerprint density at radius 2 is 1.74 bits per heavy atom. The second-order valence-corrected chi connectivity index (χ2v) is 10.9. The van der Waals surface area contributed by atoms with Crippen LogP contribution in [0.2, 0.25) is 0 Å². The first-order valence-electron chi connectivity index (χ1n) is 12.0. The molecule has 1 saturated heterocycles. The Morgan fingerprint density at radius 3 is 2.47 bits per heavy atom. The predicted octanol–water partition coefficient (Wildman–Crippen LogP) is 4.64. The number of hydrogen-bond acceptors (Lipinski definition) is 6. The van der Waals surface area contributed by atoms with E-state index in [1.165, 1.54) is 34.9 Å². The number of thioether (sulfide) groups is 1. The minimum Gasteiger partial charge on any atom is -0.478 e. The number of urea groups is 1. The molecule has 0 aromatic heterocycles. The summed E-state index contributed by atoms with van der Waals surface area (Å²) in [6, 6.07) is 17.9. The highest BCUT2D eigenvalue weighted by molar-refractivity contribution is 7.99. The summed E-state index contributed by atoms with van der Waals surface area (Å²) in [6.45, 7) is 4.94. The molecule has 0 aliphatic carbocycles. The summed E-state index contributed by atoms with van der Waals surface area (Å²) < 4.78 is 5.62. The van der Waals surface area contributed by atoms with Crippen LogP contribution >= 0.6 is 11.8 Å². The zero-order valence-corrected chi connectivity index (χ0v) is 22.1. The van der Waals surface area contributed by atoms with Crippen molar-refractivity contribution in [2.45, 2.75) is 37.8 Å². The van der Waals surface area contributed by atoms with E-state index in [0.29, 0.717) is 5.75 Å². The maximum Gasteiger partial charge on any atom is 0.335 e. The molecule has 1 aliphatic heterocycles. The van der Waals surface area contributed by atoms with Gasteiger partial charge in [-0.1, -0.05) is 48.5 Å². The van der Waals surface area contributed by atoms with Crippen LogP contribution < -0.4 is 10.6 Å². The molecular weight excluding hydrogens is 506 g/mol. The van der Waals surface area contributed by atoms with Crippen LogP contribution in [0.1, 0.15) is 42.1 Å². The van der Waals surface area contributed by atoms with E-state index in [0.717, 1.165) is 16.3 Å². The van der Waals surface area contributed by atoms with Crippen molar-refractivity contribution in [3.8, 4) is 0 Å². The summed E-state index contributed by atoms with van der Waals surface area (Å²) in [4.78, 5) is 51.8. The molecule has 9 nitrogen and oxygen atoms in total. The lowest BCUT2D eigenvalue weighted by Gasteiger charge is -2.31. The van der Waals surface area contributed by atoms with Gasteiger partial charge in [0.05, 0.1) is 12.1 Å². The summed E-state index contributed by atoms with van der Waals surface area (Å²) >= 11 is 1.47. The molecule has 1 aliphatic rings. The van der Waals surface area contributed by atoms with Gasteiger partial charge in [0.2, 0.25) is 5.91 Å². The third kappa shape index (κ3) is 6.25. The van der Waals surface area contributed by atoms with E-state index in [1.54, 1.807) is 26.8 Å². The highest BCUT2D eigenvalue weighted by Crippen LogP contribution is 2.44. The molecule has 0 bridgehead atoms. The molecule has 0 spiro atoms. The minimum absolute atomic E-state index is 0.0195. The summed E-state index contributed by atoms with van der Waals surface area (Å²) in [7, 11) is 0. The number of rotatable bonds is 6. The highest BCUT2D eigenvalue weighted by Gasteiger charge is 2.44. The quantitative estimate of drug-likeness (QED) is 0.393. The molecule has 10 heteroatoms. The Morgan fingerprint density at radius 1 is 1.03 bits per heavy atom. The van der Waals surface area contributed by atoms with Gasteiger partial charge in [-0.25, -0.2) is 14.4 Å². The van der Waals surface area contributed by atoms with Gasteiger partial charge in [-0.15, -0.1) is 11.8 Å². The largest absolute Gasteiger partial charge is 0.478 e. The van der Waals surface area contributed by atoms with Crippen LogP contribution in [0.5, 0.6) is 0 Å². The fourth-order valence-electron chi connectivity index (χ4n) is 4.22. The number of benzene rings is 3. The molecule has 4 rings (SSSR count). The lowest BCUT2D eigenvalue weighted by molar-refractivity contribution is -0.163. The van der Waals surface area contributed by atoms with E-state index >= 15 is 0 Å². The molecule has 3 aromatic rings. The van der Waals surface area contributed by atoms with Crippen LogP contribution in [0.4, 0.5) is 10.5 Å². The fraction of sp³-hybridized carbons (Fsp3) is 0.286. The van der Waals surface area contributed by atoms with Gasteiger partial charge in [-0.3, -0.25) is 4.79 Å². The fourth-order valence-corrected chi connectivity index (χ4v) is 5.69. The molecule has 2 atom stereocenters. The van der Waals surface area contributed by atoms with Gasteiger partial charge in [-0.05, 0) is 55.3 Å². The SMILES string of the molecule is CC(C)(C)OC(=O)[C@@H]1CS[C@H](c2cccc3ccccc23)N1C(=O)CNC(=O)Nc1cccc(C(=O)O)c1. The van der Waals surface area contributed by atoms with Gasteiger partial charge in [0.15, 0.2) is 0 Å². The number of nitrogens with one attached hydrogen (secondary N) is 2. The van der Waals surface area contributed by atoms with E-state index in [1.807, 2.05) is 42.5 Å². The minimum atomic E-state index is -1.12. The molecule has 198 valence electrons. The monoisotopic (exact) mass is 535 g/mol. The molecule has 0 radical (unpaired) electrons. The molecule has 38 heavy (non-hydrogen) atoms. The first-order valence-corrected chi connectivity index (χ1v) is 13.1. The Labute approximate surface area is 224 Å². The summed E-state index contributed by atoms with van der Waals surface area (Å²) in [6.07, 6.45) is 0. The van der Waals surface area contributed by atoms with E-state index in [2.05, 4.69) is 10.6 Å². The number of amides is 3. The van der Waals surface area contributed by atoms with E-state index < -0.39 is 40.9 Å². The maximum atomic E-state index is 13.5. The Hall–Kier alpha value is -4.05. The van der Waals surface area contributed by atoms with Crippen LogP contribution in [0.25, 0.3) is 10.8 Å². The van der Waals surface area contributed by atoms with Crippen molar-refractivity contribution in [1.29, 1.82) is 0 Å². The Kier molecular flexibility index (Phi) is 7.91. The maximum absolute atomic E-state index is 13.5. The summed E-state index contributed by atoms with van der Waals surface area (Å²) in [5.41, 5.74) is 0.455. The van der Waals surface area contributed by atoms with Gasteiger partial charge in [0.25, 0.3) is 0 Å². The number of hydrogen-bond donors (Lipinski definition) is 3. The molecular formula is C28H29N3O6S. The zero-order valence-electron chi connectivity index (χ0n) is 21.3. The normalized spacial score (nSPS) is 17.2. The van der Waals surface area contributed by atoms with E-state index in [9.17, 15) is 19.2 Å². The van der Waals surface area contributed by atoms with Crippen LogP contribution in [-0.4, -0.2) is 57.8 Å². The van der Waals surface area contributed by atoms with Crippen LogP contribution in [0.15, 0.2) is 66.7 Å². The lowest BCUT2D eigenvalue weighted by Crippen LogP contribution is -2.49. The van der Waals surface area contributed by atoms with E-state index in [4.69, 9.17) is 9.84 Å². The predicted molar refractivity (Wildman–Crippen MR) is 146 cm³/mol. The number of nitrogens with zero attached hydrogens (tertiary/aromatic N) is 1. The number of aromatic carboxylic acids is 1. The number of carboxylic acids is 1. The van der Waals surface area contributed by atoms with Crippen molar-refractivity contribution in [2.75, 3.05) is 17.6 Å². The Bertz CT molecular complexity index is 1380. The van der Waals surface area contributed by atoms with Crippen LogP contribution in [-0.2, 0) is 14.3 Å². The Balaban J connectivity index is 1.55. The van der Waals surface area contributed by atoms with Crippen molar-refractivity contribution in [3.63, 3.8) is 0 Å². The third-order valence-electron chi connectivity index (χ3n) is 5.82. The second kappa shape index (κ2) is 11.1. The van der Waals surface area contributed by atoms with Crippen molar-refractivity contribution in [3.05, 3.63) is 77.9 Å². The molecule has 3 amide bonds. The van der Waals surface area contributed by atoms with Crippen molar-refractivity contribution >= 4 is 52.1 Å². The van der Waals surface area contributed by atoms with Crippen molar-refractivity contribution in [2.24, 2.45) is 0 Å². The average Bonchev–Trinajstić information content (AvgIpc) is 3.31. The number of carboxylic acid groups (broad SMARTS) is 1. The van der Waals surface area contributed by atoms with Gasteiger partial charge >= 0.3 is 18.0 Å². The number of fused-ring (bicyclic) bond motifs is 1. The topological polar surface area (TPSA) is 125 Å². The standard InChI is InChI=1S/C28H29N3O6S/c1-28(2,3)37-26(35)22-16-38-24(21-13-7-9-17-8-4-5-12-20(17)21)31(22)23(32)15-29-27(36)30-19-11-6-10-18(14-19)25(33)34/h4-14,22,24H,15-16H2,1-3H3,(H,33,34)(H2,29,30,36)/t22-,24+/m0/s1. The molecule has 0 unspecified atom stereocenters. The second-order valence-electron chi connectivity index (χ2n) is 9.80. The zero-order chi connectivity index (χ0) is 27.4. The number of carbonyl (C=O) groups excluding carboxylic acids is 3. The van der Waals surface area contributed by atoms with Gasteiger partial charge in [0.1, 0.15) is 17.0 Å². The smallest absolute Gasteiger partial charge is 0.335 e. The van der Waals surface area contributed by atoms with Crippen LogP contribution in [0.3, 0.4) is 0 Å². The first kappa shape index (κ1) is 27.0. The number of carbonyl (C=O) groups is 4. The molecule has 0 saturated carbocycles. The van der Waals surface area contributed by atoms with Crippen LogP contribution in [0, 0.1) is 0 Å². The average molecular weight is 536 g/mol. The third-order valence-corrected chi connectivity index (χ3v) is 7.13. The summed E-state index contributed by atoms with van der Waals surface area (Å²) in [5.74, 6) is -1.72. The lowest BCUT2D eigenvalue weighted by atomic mass is 10.0. The van der Waals surface area contributed by atoms with Crippen molar-refractivity contribution < 1.29 is 29.0 Å². The highest BCUT2D eigenvalue weighted by atomic mass is 32.2. The molecule has 3 N–H and O–H groups in total. The number of anilines is 1. The number of ether oxygens (including phenoxy) is 1. The van der Waals surface area contributed by atoms with Gasteiger partial charge in [0, 0.05) is 11.4 Å².